The molecule has 0 fully saturated rings. The summed E-state index contributed by atoms with van der Waals surface area (Å²) in [5, 5.41) is 1.70. The van der Waals surface area contributed by atoms with E-state index >= 15 is 0 Å². The minimum atomic E-state index is -5.12. The van der Waals surface area contributed by atoms with Gasteiger partial charge in [0.1, 0.15) is 9.84 Å². The van der Waals surface area contributed by atoms with Gasteiger partial charge in [-0.05, 0) is 24.6 Å². The molecule has 1 aromatic rings. The fourth-order valence-corrected chi connectivity index (χ4v) is 2.82. The van der Waals surface area contributed by atoms with Crippen molar-refractivity contribution in [1.29, 1.82) is 0 Å². The second-order valence-electron chi connectivity index (χ2n) is 4.96. The van der Waals surface area contributed by atoms with Crippen LogP contribution in [0.4, 0.5) is 13.2 Å². The highest BCUT2D eigenvalue weighted by Crippen LogP contribution is 2.31. The molecule has 136 valence electrons. The number of sulfone groups is 1. The maximum absolute atomic E-state index is 12.5. The maximum atomic E-state index is 12.5. The van der Waals surface area contributed by atoms with E-state index in [2.05, 4.69) is 0 Å². The van der Waals surface area contributed by atoms with E-state index in [1.165, 1.54) is 25.3 Å². The lowest BCUT2D eigenvalue weighted by Gasteiger charge is -2.20. The van der Waals surface area contributed by atoms with Crippen molar-refractivity contribution in [2.75, 3.05) is 25.7 Å². The molecule has 1 atom stereocenters. The number of hydrogen-bond donors (Lipinski definition) is 1. The maximum Gasteiger partial charge on any atom is 0.471 e. The van der Waals surface area contributed by atoms with Gasteiger partial charge >= 0.3 is 12.1 Å². The number of carbonyl (C=O) groups excluding carboxylic acids is 1. The van der Waals surface area contributed by atoms with E-state index in [0.29, 0.717) is 5.75 Å². The van der Waals surface area contributed by atoms with Gasteiger partial charge in [0.25, 0.3) is 0 Å². The molecule has 1 amide bonds. The predicted octanol–water partition coefficient (Wildman–Crippen LogP) is 1.86. The molecule has 10 heteroatoms. The van der Waals surface area contributed by atoms with Crippen LogP contribution >= 0.6 is 0 Å². The first kappa shape index (κ1) is 20.1. The van der Waals surface area contributed by atoms with Crippen LogP contribution < -0.4 is 14.8 Å². The monoisotopic (exact) mass is 369 g/mol. The Morgan fingerprint density at radius 3 is 2.38 bits per heavy atom. The number of carbonyl (C=O) groups is 1. The lowest BCUT2D eigenvalue weighted by atomic mass is 10.1. The van der Waals surface area contributed by atoms with Crippen molar-refractivity contribution >= 4 is 15.7 Å². The molecule has 24 heavy (non-hydrogen) atoms. The molecule has 0 aliphatic carbocycles. The Morgan fingerprint density at radius 1 is 1.29 bits per heavy atom. The summed E-state index contributed by atoms with van der Waals surface area (Å²) < 4.78 is 70.8. The van der Waals surface area contributed by atoms with Crippen LogP contribution in [0.1, 0.15) is 18.5 Å². The average molecular weight is 369 g/mol. The van der Waals surface area contributed by atoms with Crippen LogP contribution in [0.2, 0.25) is 0 Å². The first-order chi connectivity index (χ1) is 11.0. The van der Waals surface area contributed by atoms with Crippen molar-refractivity contribution in [3.63, 3.8) is 0 Å². The smallest absolute Gasteiger partial charge is 0.471 e. The molecule has 1 unspecified atom stereocenters. The lowest BCUT2D eigenvalue weighted by molar-refractivity contribution is -0.174. The third-order valence-electron chi connectivity index (χ3n) is 2.92. The Morgan fingerprint density at radius 2 is 1.92 bits per heavy atom. The highest BCUT2D eigenvalue weighted by Gasteiger charge is 2.40. The summed E-state index contributed by atoms with van der Waals surface area (Å²) >= 11 is 0. The summed E-state index contributed by atoms with van der Waals surface area (Å²) in [7, 11) is -2.27. The van der Waals surface area contributed by atoms with Crippen LogP contribution in [-0.4, -0.2) is 46.2 Å². The Hall–Kier alpha value is -1.97. The molecular weight excluding hydrogens is 351 g/mol. The highest BCUT2D eigenvalue weighted by molar-refractivity contribution is 7.90. The van der Waals surface area contributed by atoms with Crippen LogP contribution in [-0.2, 0) is 14.6 Å². The molecule has 0 aromatic heterocycles. The van der Waals surface area contributed by atoms with Gasteiger partial charge in [0.05, 0.1) is 25.5 Å². The van der Waals surface area contributed by atoms with E-state index in [0.717, 1.165) is 6.26 Å². The van der Waals surface area contributed by atoms with Crippen LogP contribution in [0.3, 0.4) is 0 Å². The molecular formula is C14H18F3NO5S. The third-order valence-corrected chi connectivity index (χ3v) is 3.86. The fraction of sp³-hybridized carbons (Fsp3) is 0.500. The molecule has 0 bridgehead atoms. The fourth-order valence-electron chi connectivity index (χ4n) is 1.94. The number of nitrogens with one attached hydrogen (secondary N) is 1. The molecule has 1 N–H and O–H groups in total. The minimum absolute atomic E-state index is 0.155. The molecule has 0 aliphatic heterocycles. The van der Waals surface area contributed by atoms with E-state index in [-0.39, 0.29) is 17.9 Å². The van der Waals surface area contributed by atoms with Gasteiger partial charge in [0.15, 0.2) is 11.5 Å². The molecule has 1 rings (SSSR count). The zero-order chi connectivity index (χ0) is 18.5. The van der Waals surface area contributed by atoms with Gasteiger partial charge in [-0.3, -0.25) is 4.79 Å². The third kappa shape index (κ3) is 5.91. The second-order valence-corrected chi connectivity index (χ2v) is 7.14. The van der Waals surface area contributed by atoms with E-state index in [1.807, 2.05) is 0 Å². The van der Waals surface area contributed by atoms with Crippen LogP contribution in [0.15, 0.2) is 18.2 Å². The normalized spacial score (nSPS) is 13.2. The molecule has 0 heterocycles. The minimum Gasteiger partial charge on any atom is -0.493 e. The van der Waals surface area contributed by atoms with E-state index < -0.39 is 33.7 Å². The number of hydrogen-bond acceptors (Lipinski definition) is 5. The van der Waals surface area contributed by atoms with Gasteiger partial charge < -0.3 is 14.8 Å². The quantitative estimate of drug-likeness (QED) is 0.793. The first-order valence-electron chi connectivity index (χ1n) is 6.84. The topological polar surface area (TPSA) is 81.7 Å². The number of rotatable bonds is 7. The standard InChI is InChI=1S/C14H18F3NO5S/c1-4-23-12-7-9(5-6-11(12)22-2)10(8-24(3,20)21)18-13(19)14(15,16)17/h5-7,10H,4,8H2,1-3H3,(H,18,19). The van der Waals surface area contributed by atoms with Crippen molar-refractivity contribution in [3.05, 3.63) is 23.8 Å². The van der Waals surface area contributed by atoms with Gasteiger partial charge in [0.2, 0.25) is 0 Å². The number of amides is 1. The summed E-state index contributed by atoms with van der Waals surface area (Å²) in [6, 6.07) is 2.76. The van der Waals surface area contributed by atoms with Crippen LogP contribution in [0, 0.1) is 0 Å². The van der Waals surface area contributed by atoms with Crippen molar-refractivity contribution in [3.8, 4) is 11.5 Å². The van der Waals surface area contributed by atoms with Crippen molar-refractivity contribution in [1.82, 2.24) is 5.32 Å². The Bertz CT molecular complexity index is 688. The molecule has 0 saturated heterocycles. The van der Waals surface area contributed by atoms with Crippen molar-refractivity contribution < 1.29 is 35.9 Å². The Balaban J connectivity index is 3.23. The predicted molar refractivity (Wildman–Crippen MR) is 80.8 cm³/mol. The number of halogens is 3. The van der Waals surface area contributed by atoms with E-state index in [9.17, 15) is 26.4 Å². The molecule has 0 spiro atoms. The molecule has 6 nitrogen and oxygen atoms in total. The summed E-state index contributed by atoms with van der Waals surface area (Å²) in [5.74, 6) is -2.34. The van der Waals surface area contributed by atoms with E-state index in [4.69, 9.17) is 9.47 Å². The van der Waals surface area contributed by atoms with Crippen molar-refractivity contribution in [2.24, 2.45) is 0 Å². The number of alkyl halides is 3. The van der Waals surface area contributed by atoms with Crippen LogP contribution in [0.5, 0.6) is 11.5 Å². The summed E-state index contributed by atoms with van der Waals surface area (Å²) in [4.78, 5) is 11.2. The largest absolute Gasteiger partial charge is 0.493 e. The Kier molecular flexibility index (Phi) is 6.47. The number of benzene rings is 1. The molecule has 0 radical (unpaired) electrons. The van der Waals surface area contributed by atoms with Gasteiger partial charge in [-0.1, -0.05) is 6.07 Å². The van der Waals surface area contributed by atoms with Gasteiger partial charge in [-0.2, -0.15) is 13.2 Å². The second kappa shape index (κ2) is 7.73. The Labute approximate surface area is 137 Å². The highest BCUT2D eigenvalue weighted by atomic mass is 32.2. The van der Waals surface area contributed by atoms with Gasteiger partial charge in [-0.15, -0.1) is 0 Å². The zero-order valence-electron chi connectivity index (χ0n) is 13.3. The summed E-state index contributed by atoms with van der Waals surface area (Å²) in [6.45, 7) is 1.97. The molecule has 1 aromatic carbocycles. The average Bonchev–Trinajstić information content (AvgIpc) is 2.44. The van der Waals surface area contributed by atoms with Crippen LogP contribution in [0.25, 0.3) is 0 Å². The first-order valence-corrected chi connectivity index (χ1v) is 8.90. The zero-order valence-corrected chi connectivity index (χ0v) is 14.1. The van der Waals surface area contributed by atoms with E-state index in [1.54, 1.807) is 12.2 Å². The number of methoxy groups -OCH3 is 1. The van der Waals surface area contributed by atoms with Crippen molar-refractivity contribution in [2.45, 2.75) is 19.1 Å². The molecule has 0 saturated carbocycles. The van der Waals surface area contributed by atoms with Gasteiger partial charge in [0, 0.05) is 6.26 Å². The SMILES string of the molecule is CCOc1cc(C(CS(C)(=O)=O)NC(=O)C(F)(F)F)ccc1OC. The number of ether oxygens (including phenoxy) is 2. The van der Waals surface area contributed by atoms with Gasteiger partial charge in [-0.25, -0.2) is 8.42 Å². The lowest BCUT2D eigenvalue weighted by Crippen LogP contribution is -2.41. The summed E-state index contributed by atoms with van der Waals surface area (Å²) in [6.07, 6.45) is -4.25. The summed E-state index contributed by atoms with van der Waals surface area (Å²) in [5.41, 5.74) is 0.155. The molecule has 0 aliphatic rings.